The van der Waals surface area contributed by atoms with Crippen molar-refractivity contribution in [1.82, 2.24) is 20.8 Å². The standard InChI is InChI=1S/C14H15ClN4O2S/c15-10-3-1-9(2-4-10)13-18-12(21-19-13)5-6-16-14(20)11-7-22-8-17-11/h1-4,11,17H,5-8H2,(H,16,20). The fourth-order valence-electron chi connectivity index (χ4n) is 2.05. The topological polar surface area (TPSA) is 80.1 Å². The molecule has 0 saturated carbocycles. The second kappa shape index (κ2) is 7.13. The molecule has 0 spiro atoms. The third-order valence-corrected chi connectivity index (χ3v) is 4.43. The average molecular weight is 339 g/mol. The second-order valence-corrected chi connectivity index (χ2v) is 6.30. The van der Waals surface area contributed by atoms with E-state index in [2.05, 4.69) is 20.8 Å². The SMILES string of the molecule is O=C(NCCc1nc(-c2ccc(Cl)cc2)no1)C1CSCN1. The highest BCUT2D eigenvalue weighted by Gasteiger charge is 2.22. The molecule has 116 valence electrons. The van der Waals surface area contributed by atoms with Gasteiger partial charge in [0.2, 0.25) is 17.6 Å². The van der Waals surface area contributed by atoms with Gasteiger partial charge in [-0.1, -0.05) is 16.8 Å². The van der Waals surface area contributed by atoms with Crippen LogP contribution in [0.4, 0.5) is 0 Å². The minimum Gasteiger partial charge on any atom is -0.354 e. The summed E-state index contributed by atoms with van der Waals surface area (Å²) in [4.78, 5) is 16.1. The lowest BCUT2D eigenvalue weighted by Gasteiger charge is -2.08. The molecule has 0 bridgehead atoms. The van der Waals surface area contributed by atoms with Crippen LogP contribution in [0.1, 0.15) is 5.89 Å². The van der Waals surface area contributed by atoms with E-state index in [-0.39, 0.29) is 11.9 Å². The quantitative estimate of drug-likeness (QED) is 0.864. The van der Waals surface area contributed by atoms with Crippen molar-refractivity contribution in [2.24, 2.45) is 0 Å². The molecule has 2 N–H and O–H groups in total. The molecule has 1 atom stereocenters. The average Bonchev–Trinajstić information content (AvgIpc) is 3.19. The first-order chi connectivity index (χ1) is 10.7. The highest BCUT2D eigenvalue weighted by Crippen LogP contribution is 2.18. The Morgan fingerprint density at radius 2 is 2.27 bits per heavy atom. The van der Waals surface area contributed by atoms with Crippen LogP contribution in [0.15, 0.2) is 28.8 Å². The van der Waals surface area contributed by atoms with E-state index < -0.39 is 0 Å². The van der Waals surface area contributed by atoms with E-state index in [1.54, 1.807) is 23.9 Å². The Morgan fingerprint density at radius 1 is 1.45 bits per heavy atom. The summed E-state index contributed by atoms with van der Waals surface area (Å²) in [6, 6.07) is 7.13. The zero-order chi connectivity index (χ0) is 15.4. The maximum atomic E-state index is 11.8. The molecule has 1 aromatic heterocycles. The fourth-order valence-corrected chi connectivity index (χ4v) is 3.12. The first-order valence-corrected chi connectivity index (χ1v) is 8.43. The van der Waals surface area contributed by atoms with Crippen molar-refractivity contribution in [2.75, 3.05) is 18.2 Å². The van der Waals surface area contributed by atoms with E-state index in [0.29, 0.717) is 29.7 Å². The number of carbonyl (C=O) groups is 1. The van der Waals surface area contributed by atoms with Gasteiger partial charge in [0.15, 0.2) is 0 Å². The summed E-state index contributed by atoms with van der Waals surface area (Å²) < 4.78 is 5.19. The number of thioether (sulfide) groups is 1. The first kappa shape index (κ1) is 15.3. The highest BCUT2D eigenvalue weighted by atomic mass is 35.5. The monoisotopic (exact) mass is 338 g/mol. The van der Waals surface area contributed by atoms with Crippen LogP contribution < -0.4 is 10.6 Å². The molecule has 6 nitrogen and oxygen atoms in total. The van der Waals surface area contributed by atoms with Crippen LogP contribution in [0.25, 0.3) is 11.4 Å². The summed E-state index contributed by atoms with van der Waals surface area (Å²) in [5.74, 6) is 2.67. The number of rotatable bonds is 5. The molecular weight excluding hydrogens is 324 g/mol. The molecule has 8 heteroatoms. The van der Waals surface area contributed by atoms with E-state index in [0.717, 1.165) is 17.2 Å². The molecule has 0 radical (unpaired) electrons. The Kier molecular flexibility index (Phi) is 4.97. The van der Waals surface area contributed by atoms with Crippen molar-refractivity contribution in [1.29, 1.82) is 0 Å². The molecule has 1 unspecified atom stereocenters. The zero-order valence-corrected chi connectivity index (χ0v) is 13.3. The number of halogens is 1. The molecule has 1 amide bonds. The molecule has 1 saturated heterocycles. The maximum Gasteiger partial charge on any atom is 0.238 e. The van der Waals surface area contributed by atoms with Crippen LogP contribution in [0.5, 0.6) is 0 Å². The normalized spacial score (nSPS) is 17.6. The molecule has 0 aliphatic carbocycles. The minimum absolute atomic E-state index is 0.0161. The van der Waals surface area contributed by atoms with E-state index in [1.807, 2.05) is 12.1 Å². The van der Waals surface area contributed by atoms with E-state index in [9.17, 15) is 4.79 Å². The van der Waals surface area contributed by atoms with Crippen LogP contribution >= 0.6 is 23.4 Å². The molecule has 2 aromatic rings. The first-order valence-electron chi connectivity index (χ1n) is 6.90. The van der Waals surface area contributed by atoms with E-state index in [4.69, 9.17) is 16.1 Å². The summed E-state index contributed by atoms with van der Waals surface area (Å²) in [7, 11) is 0. The molecule has 1 aliphatic heterocycles. The van der Waals surface area contributed by atoms with Crippen molar-refractivity contribution >= 4 is 29.3 Å². The third kappa shape index (κ3) is 3.79. The largest absolute Gasteiger partial charge is 0.354 e. The molecule has 2 heterocycles. The maximum absolute atomic E-state index is 11.8. The number of benzene rings is 1. The fraction of sp³-hybridized carbons (Fsp3) is 0.357. The Morgan fingerprint density at radius 3 is 3.00 bits per heavy atom. The van der Waals surface area contributed by atoms with Gasteiger partial charge in [0.05, 0.1) is 6.04 Å². The van der Waals surface area contributed by atoms with Gasteiger partial charge in [0.1, 0.15) is 0 Å². The van der Waals surface area contributed by atoms with Crippen molar-refractivity contribution < 1.29 is 9.32 Å². The molecule has 3 rings (SSSR count). The lowest BCUT2D eigenvalue weighted by molar-refractivity contribution is -0.122. The number of amides is 1. The van der Waals surface area contributed by atoms with Crippen LogP contribution in [-0.2, 0) is 11.2 Å². The second-order valence-electron chi connectivity index (χ2n) is 4.83. The minimum atomic E-state index is -0.0997. The Hall–Kier alpha value is -1.57. The van der Waals surface area contributed by atoms with Gasteiger partial charge >= 0.3 is 0 Å². The molecule has 22 heavy (non-hydrogen) atoms. The Bertz CT molecular complexity index is 641. The molecule has 1 fully saturated rings. The smallest absolute Gasteiger partial charge is 0.238 e. The van der Waals surface area contributed by atoms with Gasteiger partial charge in [-0.15, -0.1) is 11.8 Å². The molecular formula is C14H15ClN4O2S. The van der Waals surface area contributed by atoms with Crippen molar-refractivity contribution in [3.05, 3.63) is 35.2 Å². The van der Waals surface area contributed by atoms with Crippen LogP contribution in [-0.4, -0.2) is 40.3 Å². The van der Waals surface area contributed by atoms with Gasteiger partial charge in [-0.3, -0.25) is 10.1 Å². The van der Waals surface area contributed by atoms with Crippen LogP contribution in [0, 0.1) is 0 Å². The summed E-state index contributed by atoms with van der Waals surface area (Å²) in [5.41, 5.74) is 0.843. The van der Waals surface area contributed by atoms with Crippen molar-refractivity contribution in [2.45, 2.75) is 12.5 Å². The predicted molar refractivity (Wildman–Crippen MR) is 85.7 cm³/mol. The van der Waals surface area contributed by atoms with E-state index >= 15 is 0 Å². The lowest BCUT2D eigenvalue weighted by Crippen LogP contribution is -2.42. The van der Waals surface area contributed by atoms with E-state index in [1.165, 1.54) is 0 Å². The number of aromatic nitrogens is 2. The summed E-state index contributed by atoms with van der Waals surface area (Å²) in [5, 5.41) is 10.6. The number of hydrogen-bond donors (Lipinski definition) is 2. The highest BCUT2D eigenvalue weighted by molar-refractivity contribution is 7.99. The van der Waals surface area contributed by atoms with Crippen molar-refractivity contribution in [3.63, 3.8) is 0 Å². The van der Waals surface area contributed by atoms with Gasteiger partial charge in [-0.25, -0.2) is 0 Å². The number of carbonyl (C=O) groups excluding carboxylic acids is 1. The summed E-state index contributed by atoms with van der Waals surface area (Å²) >= 11 is 7.57. The molecule has 1 aromatic carbocycles. The van der Waals surface area contributed by atoms with Gasteiger partial charge in [0.25, 0.3) is 0 Å². The van der Waals surface area contributed by atoms with Crippen LogP contribution in [0.2, 0.25) is 5.02 Å². The summed E-state index contributed by atoms with van der Waals surface area (Å²) in [6.45, 7) is 0.476. The zero-order valence-electron chi connectivity index (χ0n) is 11.7. The lowest BCUT2D eigenvalue weighted by atomic mass is 10.2. The van der Waals surface area contributed by atoms with Crippen molar-refractivity contribution in [3.8, 4) is 11.4 Å². The van der Waals surface area contributed by atoms with Gasteiger partial charge in [-0.05, 0) is 24.3 Å². The Labute approximate surface area is 137 Å². The Balaban J connectivity index is 1.51. The van der Waals surface area contributed by atoms with Crippen LogP contribution in [0.3, 0.4) is 0 Å². The number of nitrogens with zero attached hydrogens (tertiary/aromatic N) is 2. The third-order valence-electron chi connectivity index (χ3n) is 3.24. The van der Waals surface area contributed by atoms with Gasteiger partial charge < -0.3 is 9.84 Å². The number of nitrogens with one attached hydrogen (secondary N) is 2. The summed E-state index contributed by atoms with van der Waals surface area (Å²) in [6.07, 6.45) is 0.506. The number of hydrogen-bond acceptors (Lipinski definition) is 6. The predicted octanol–water partition coefficient (Wildman–Crippen LogP) is 1.71. The molecule has 1 aliphatic rings. The van der Waals surface area contributed by atoms with Gasteiger partial charge in [-0.2, -0.15) is 4.98 Å². The van der Waals surface area contributed by atoms with Gasteiger partial charge in [0, 0.05) is 35.2 Å².